The highest BCUT2D eigenvalue weighted by Crippen LogP contribution is 2.32. The summed E-state index contributed by atoms with van der Waals surface area (Å²) in [5, 5.41) is 1.07. The van der Waals surface area contributed by atoms with E-state index in [0.717, 1.165) is 33.7 Å². The van der Waals surface area contributed by atoms with Crippen molar-refractivity contribution in [3.8, 4) is 11.5 Å². The first-order valence-corrected chi connectivity index (χ1v) is 7.04. The van der Waals surface area contributed by atoms with Gasteiger partial charge in [-0.2, -0.15) is 0 Å². The predicted molar refractivity (Wildman–Crippen MR) is 85.6 cm³/mol. The first-order chi connectivity index (χ1) is 10.1. The van der Waals surface area contributed by atoms with Crippen LogP contribution in [0.4, 0.5) is 0 Å². The second-order valence-corrected chi connectivity index (χ2v) is 5.21. The molecule has 1 unspecified atom stereocenters. The number of nitrogens with two attached hydrogens (primary N) is 1. The molecule has 1 atom stereocenters. The summed E-state index contributed by atoms with van der Waals surface area (Å²) in [6, 6.07) is 17.8. The van der Waals surface area contributed by atoms with E-state index < -0.39 is 0 Å². The molecule has 1 heterocycles. The Morgan fingerprint density at radius 1 is 0.952 bits per heavy atom. The minimum atomic E-state index is -0.0779. The second kappa shape index (κ2) is 5.54. The summed E-state index contributed by atoms with van der Waals surface area (Å²) >= 11 is 0. The standard InChI is InChI=1S/C18H18N2O/c1-12-10-11-14-6-5-9-17(18(14)20-12)21-16-8-4-3-7-15(16)13(2)19/h3-11,13H,19H2,1-2H3. The van der Waals surface area contributed by atoms with Gasteiger partial charge in [-0.25, -0.2) is 4.98 Å². The highest BCUT2D eigenvalue weighted by atomic mass is 16.5. The zero-order valence-corrected chi connectivity index (χ0v) is 12.2. The van der Waals surface area contributed by atoms with Gasteiger partial charge in [-0.1, -0.05) is 36.4 Å². The summed E-state index contributed by atoms with van der Waals surface area (Å²) in [7, 11) is 0. The van der Waals surface area contributed by atoms with Crippen molar-refractivity contribution in [3.05, 3.63) is 65.9 Å². The molecule has 0 bridgehead atoms. The van der Waals surface area contributed by atoms with Gasteiger partial charge in [0.1, 0.15) is 11.3 Å². The zero-order chi connectivity index (χ0) is 14.8. The van der Waals surface area contributed by atoms with Crippen LogP contribution in [0.3, 0.4) is 0 Å². The van der Waals surface area contributed by atoms with Crippen LogP contribution in [0.1, 0.15) is 24.2 Å². The molecule has 0 fully saturated rings. The van der Waals surface area contributed by atoms with Gasteiger partial charge >= 0.3 is 0 Å². The number of nitrogens with zero attached hydrogens (tertiary/aromatic N) is 1. The molecule has 0 aliphatic carbocycles. The molecule has 0 saturated heterocycles. The Labute approximate surface area is 124 Å². The average Bonchev–Trinajstić information content (AvgIpc) is 2.48. The molecule has 3 heteroatoms. The lowest BCUT2D eigenvalue weighted by molar-refractivity contribution is 0.476. The molecular formula is C18H18N2O. The number of fused-ring (bicyclic) bond motifs is 1. The third kappa shape index (κ3) is 2.73. The van der Waals surface area contributed by atoms with Gasteiger partial charge < -0.3 is 10.5 Å². The maximum Gasteiger partial charge on any atom is 0.153 e. The summed E-state index contributed by atoms with van der Waals surface area (Å²) in [5.74, 6) is 1.53. The number of hydrogen-bond acceptors (Lipinski definition) is 3. The smallest absolute Gasteiger partial charge is 0.153 e. The Morgan fingerprint density at radius 3 is 2.52 bits per heavy atom. The van der Waals surface area contributed by atoms with Gasteiger partial charge in [-0.15, -0.1) is 0 Å². The van der Waals surface area contributed by atoms with Gasteiger partial charge in [0, 0.05) is 22.7 Å². The van der Waals surface area contributed by atoms with Crippen LogP contribution in [0.2, 0.25) is 0 Å². The molecule has 2 aromatic carbocycles. The summed E-state index contributed by atoms with van der Waals surface area (Å²) in [5.41, 5.74) is 8.84. The quantitative estimate of drug-likeness (QED) is 0.774. The number of hydrogen-bond donors (Lipinski definition) is 1. The maximum atomic E-state index is 6.10. The summed E-state index contributed by atoms with van der Waals surface area (Å²) in [4.78, 5) is 4.59. The number of benzene rings is 2. The monoisotopic (exact) mass is 278 g/mol. The largest absolute Gasteiger partial charge is 0.455 e. The van der Waals surface area contributed by atoms with Crippen molar-refractivity contribution >= 4 is 10.9 Å². The zero-order valence-electron chi connectivity index (χ0n) is 12.2. The van der Waals surface area contributed by atoms with Gasteiger partial charge in [-0.05, 0) is 32.0 Å². The molecule has 0 radical (unpaired) electrons. The van der Waals surface area contributed by atoms with E-state index in [-0.39, 0.29) is 6.04 Å². The molecule has 3 nitrogen and oxygen atoms in total. The molecule has 0 saturated carbocycles. The lowest BCUT2D eigenvalue weighted by atomic mass is 10.1. The molecule has 21 heavy (non-hydrogen) atoms. The van der Waals surface area contributed by atoms with Crippen molar-refractivity contribution in [3.63, 3.8) is 0 Å². The molecule has 0 amide bonds. The first kappa shape index (κ1) is 13.6. The minimum Gasteiger partial charge on any atom is -0.455 e. The third-order valence-electron chi connectivity index (χ3n) is 3.45. The third-order valence-corrected chi connectivity index (χ3v) is 3.45. The van der Waals surface area contributed by atoms with Gasteiger partial charge in [0.15, 0.2) is 5.75 Å². The van der Waals surface area contributed by atoms with Crippen LogP contribution in [0, 0.1) is 6.92 Å². The van der Waals surface area contributed by atoms with E-state index in [4.69, 9.17) is 10.5 Å². The lowest BCUT2D eigenvalue weighted by Crippen LogP contribution is -2.06. The molecule has 0 aliphatic heterocycles. The number of pyridine rings is 1. The second-order valence-electron chi connectivity index (χ2n) is 5.21. The van der Waals surface area contributed by atoms with Gasteiger partial charge in [0.05, 0.1) is 0 Å². The van der Waals surface area contributed by atoms with Crippen molar-refractivity contribution in [2.45, 2.75) is 19.9 Å². The fourth-order valence-corrected chi connectivity index (χ4v) is 2.37. The van der Waals surface area contributed by atoms with Crippen LogP contribution in [-0.4, -0.2) is 4.98 Å². The van der Waals surface area contributed by atoms with E-state index in [9.17, 15) is 0 Å². The predicted octanol–water partition coefficient (Wildman–Crippen LogP) is 4.36. The fraction of sp³-hybridized carbons (Fsp3) is 0.167. The van der Waals surface area contributed by atoms with E-state index in [2.05, 4.69) is 11.1 Å². The molecule has 2 N–H and O–H groups in total. The van der Waals surface area contributed by atoms with Gasteiger partial charge in [0.25, 0.3) is 0 Å². The summed E-state index contributed by atoms with van der Waals surface area (Å²) in [6.07, 6.45) is 0. The van der Waals surface area contributed by atoms with E-state index in [1.165, 1.54) is 0 Å². The van der Waals surface area contributed by atoms with Crippen molar-refractivity contribution in [1.82, 2.24) is 4.98 Å². The van der Waals surface area contributed by atoms with Crippen molar-refractivity contribution in [2.24, 2.45) is 5.73 Å². The first-order valence-electron chi connectivity index (χ1n) is 7.04. The van der Waals surface area contributed by atoms with E-state index in [0.29, 0.717) is 0 Å². The Kier molecular flexibility index (Phi) is 3.59. The summed E-state index contributed by atoms with van der Waals surface area (Å²) < 4.78 is 6.10. The van der Waals surface area contributed by atoms with E-state index >= 15 is 0 Å². The lowest BCUT2D eigenvalue weighted by Gasteiger charge is -2.14. The molecule has 1 aromatic heterocycles. The Balaban J connectivity index is 2.08. The number of ether oxygens (including phenoxy) is 1. The van der Waals surface area contributed by atoms with E-state index in [1.807, 2.05) is 62.4 Å². The maximum absolute atomic E-state index is 6.10. The fourth-order valence-electron chi connectivity index (χ4n) is 2.37. The molecule has 0 aliphatic rings. The molecular weight excluding hydrogens is 260 g/mol. The molecule has 3 rings (SSSR count). The summed E-state index contributed by atoms with van der Waals surface area (Å²) in [6.45, 7) is 3.93. The normalized spacial score (nSPS) is 12.3. The Bertz CT molecular complexity index is 781. The van der Waals surface area contributed by atoms with Crippen LogP contribution in [0.25, 0.3) is 10.9 Å². The average molecular weight is 278 g/mol. The minimum absolute atomic E-state index is 0.0779. The number of para-hydroxylation sites is 2. The Morgan fingerprint density at radius 2 is 1.71 bits per heavy atom. The van der Waals surface area contributed by atoms with Gasteiger partial charge in [0.2, 0.25) is 0 Å². The van der Waals surface area contributed by atoms with Crippen LogP contribution >= 0.6 is 0 Å². The van der Waals surface area contributed by atoms with Crippen LogP contribution in [0.5, 0.6) is 11.5 Å². The van der Waals surface area contributed by atoms with Gasteiger partial charge in [-0.3, -0.25) is 0 Å². The number of aryl methyl sites for hydroxylation is 1. The van der Waals surface area contributed by atoms with Crippen LogP contribution in [0.15, 0.2) is 54.6 Å². The van der Waals surface area contributed by atoms with Crippen molar-refractivity contribution in [1.29, 1.82) is 0 Å². The highest BCUT2D eigenvalue weighted by Gasteiger charge is 2.10. The van der Waals surface area contributed by atoms with Crippen molar-refractivity contribution < 1.29 is 4.74 Å². The van der Waals surface area contributed by atoms with E-state index in [1.54, 1.807) is 0 Å². The topological polar surface area (TPSA) is 48.1 Å². The van der Waals surface area contributed by atoms with Crippen LogP contribution < -0.4 is 10.5 Å². The number of rotatable bonds is 3. The molecule has 0 spiro atoms. The number of aromatic nitrogens is 1. The Hall–Kier alpha value is -2.39. The van der Waals surface area contributed by atoms with Crippen molar-refractivity contribution in [2.75, 3.05) is 0 Å². The highest BCUT2D eigenvalue weighted by molar-refractivity contribution is 5.84. The molecule has 3 aromatic rings. The molecule has 106 valence electrons. The van der Waals surface area contributed by atoms with Crippen LogP contribution in [-0.2, 0) is 0 Å². The SMILES string of the molecule is Cc1ccc2cccc(Oc3ccccc3C(C)N)c2n1.